The van der Waals surface area contributed by atoms with E-state index in [0.717, 1.165) is 5.75 Å². The average Bonchev–Trinajstić information content (AvgIpc) is 3.18. The molecule has 28 heavy (non-hydrogen) atoms. The van der Waals surface area contributed by atoms with Gasteiger partial charge in [-0.05, 0) is 54.6 Å². The van der Waals surface area contributed by atoms with Gasteiger partial charge in [0.15, 0.2) is 5.78 Å². The maximum Gasteiger partial charge on any atom is 0.280 e. The zero-order valence-electron chi connectivity index (χ0n) is 15.0. The first-order valence-electron chi connectivity index (χ1n) is 8.38. The Morgan fingerprint density at radius 2 is 1.79 bits per heavy atom. The smallest absolute Gasteiger partial charge is 0.280 e. The third-order valence-corrected chi connectivity index (χ3v) is 3.89. The molecule has 1 heterocycles. The Morgan fingerprint density at radius 3 is 2.50 bits per heavy atom. The molecule has 3 rings (SSSR count). The van der Waals surface area contributed by atoms with E-state index in [9.17, 15) is 14.9 Å². The number of para-hydroxylation sites is 1. The molecular formula is C21H17NO6. The summed E-state index contributed by atoms with van der Waals surface area (Å²) in [5, 5.41) is 11.0. The Balaban J connectivity index is 1.62. The molecule has 0 bridgehead atoms. The van der Waals surface area contributed by atoms with Crippen molar-refractivity contribution in [2.75, 3.05) is 7.11 Å². The van der Waals surface area contributed by atoms with Crippen molar-refractivity contribution in [2.45, 2.75) is 6.61 Å². The van der Waals surface area contributed by atoms with Crippen molar-refractivity contribution in [3.63, 3.8) is 0 Å². The number of carbonyl (C=O) groups is 1. The number of hydrogen-bond donors (Lipinski definition) is 0. The minimum absolute atomic E-state index is 0.0263. The summed E-state index contributed by atoms with van der Waals surface area (Å²) in [7, 11) is 1.59. The van der Waals surface area contributed by atoms with Gasteiger partial charge in [-0.2, -0.15) is 0 Å². The predicted molar refractivity (Wildman–Crippen MR) is 102 cm³/mol. The number of benzene rings is 2. The lowest BCUT2D eigenvalue weighted by Gasteiger charge is -2.05. The fourth-order valence-electron chi connectivity index (χ4n) is 2.48. The van der Waals surface area contributed by atoms with Gasteiger partial charge in [0.25, 0.3) is 5.69 Å². The lowest BCUT2D eigenvalue weighted by Crippen LogP contribution is -2.00. The summed E-state index contributed by atoms with van der Waals surface area (Å²) in [6.45, 7) is 0.221. The third kappa shape index (κ3) is 4.64. The first-order chi connectivity index (χ1) is 13.6. The van der Waals surface area contributed by atoms with Crippen LogP contribution in [-0.4, -0.2) is 17.8 Å². The molecule has 1 aromatic heterocycles. The summed E-state index contributed by atoms with van der Waals surface area (Å²) in [5.41, 5.74) is -0.205. The molecule has 142 valence electrons. The number of hydrogen-bond acceptors (Lipinski definition) is 6. The molecule has 0 radical (unpaired) electrons. The second kappa shape index (κ2) is 8.68. The molecule has 0 saturated carbocycles. The molecular weight excluding hydrogens is 362 g/mol. The fourth-order valence-corrected chi connectivity index (χ4v) is 2.48. The Hall–Kier alpha value is -3.87. The van der Waals surface area contributed by atoms with Crippen LogP contribution in [0.3, 0.4) is 0 Å². The van der Waals surface area contributed by atoms with E-state index in [1.54, 1.807) is 49.6 Å². The lowest BCUT2D eigenvalue weighted by atomic mass is 10.1. The van der Waals surface area contributed by atoms with Crippen LogP contribution >= 0.6 is 0 Å². The van der Waals surface area contributed by atoms with E-state index in [4.69, 9.17) is 13.9 Å². The number of allylic oxidation sites excluding steroid dienone is 1. The Labute approximate surface area is 161 Å². The molecule has 0 aliphatic rings. The highest BCUT2D eigenvalue weighted by Crippen LogP contribution is 2.21. The van der Waals surface area contributed by atoms with Crippen molar-refractivity contribution in [2.24, 2.45) is 0 Å². The van der Waals surface area contributed by atoms with Crippen molar-refractivity contribution >= 4 is 17.5 Å². The SMILES string of the molecule is COc1ccc(OCc2ccc(/C=C/C(=O)c3ccccc3[N+](=O)[O-])o2)cc1. The van der Waals surface area contributed by atoms with Gasteiger partial charge >= 0.3 is 0 Å². The third-order valence-electron chi connectivity index (χ3n) is 3.89. The molecule has 0 aliphatic carbocycles. The number of nitro benzene ring substituents is 1. The molecule has 0 spiro atoms. The van der Waals surface area contributed by atoms with Crippen LogP contribution in [0.1, 0.15) is 21.9 Å². The van der Waals surface area contributed by atoms with Crippen LogP contribution in [0.25, 0.3) is 6.08 Å². The van der Waals surface area contributed by atoms with Crippen LogP contribution < -0.4 is 9.47 Å². The fraction of sp³-hybridized carbons (Fsp3) is 0.0952. The maximum atomic E-state index is 12.2. The largest absolute Gasteiger partial charge is 0.497 e. The first-order valence-corrected chi connectivity index (χ1v) is 8.38. The zero-order chi connectivity index (χ0) is 19.9. The summed E-state index contributed by atoms with van der Waals surface area (Å²) in [4.78, 5) is 22.7. The van der Waals surface area contributed by atoms with E-state index >= 15 is 0 Å². The minimum atomic E-state index is -0.581. The number of nitrogens with zero attached hydrogens (tertiary/aromatic N) is 1. The highest BCUT2D eigenvalue weighted by atomic mass is 16.6. The number of furan rings is 1. The summed E-state index contributed by atoms with van der Waals surface area (Å²) >= 11 is 0. The second-order valence-corrected chi connectivity index (χ2v) is 5.74. The second-order valence-electron chi connectivity index (χ2n) is 5.74. The summed E-state index contributed by atoms with van der Waals surface area (Å²) in [6.07, 6.45) is 2.71. The molecule has 7 heteroatoms. The van der Waals surface area contributed by atoms with Gasteiger partial charge in [0.1, 0.15) is 29.6 Å². The molecule has 0 aliphatic heterocycles. The minimum Gasteiger partial charge on any atom is -0.497 e. The Bertz CT molecular complexity index is 1000. The van der Waals surface area contributed by atoms with E-state index < -0.39 is 10.7 Å². The number of methoxy groups -OCH3 is 1. The molecule has 0 saturated heterocycles. The number of carbonyl (C=O) groups excluding carboxylic acids is 1. The molecule has 0 amide bonds. The molecule has 7 nitrogen and oxygen atoms in total. The van der Waals surface area contributed by atoms with Crippen molar-refractivity contribution in [3.05, 3.63) is 93.9 Å². The summed E-state index contributed by atoms with van der Waals surface area (Å²) < 4.78 is 16.3. The quantitative estimate of drug-likeness (QED) is 0.244. The van der Waals surface area contributed by atoms with Gasteiger partial charge in [0.2, 0.25) is 0 Å². The van der Waals surface area contributed by atoms with E-state index in [1.807, 2.05) is 0 Å². The van der Waals surface area contributed by atoms with E-state index in [1.165, 1.54) is 30.4 Å². The van der Waals surface area contributed by atoms with Crippen LogP contribution in [-0.2, 0) is 6.61 Å². The Kier molecular flexibility index (Phi) is 5.86. The molecule has 0 unspecified atom stereocenters. The lowest BCUT2D eigenvalue weighted by molar-refractivity contribution is -0.385. The number of ether oxygens (including phenoxy) is 2. The molecule has 3 aromatic rings. The van der Waals surface area contributed by atoms with Crippen LogP contribution in [0, 0.1) is 10.1 Å². The van der Waals surface area contributed by atoms with Gasteiger partial charge in [-0.15, -0.1) is 0 Å². The van der Waals surface area contributed by atoms with Gasteiger partial charge in [0, 0.05) is 6.07 Å². The normalized spacial score (nSPS) is 10.8. The van der Waals surface area contributed by atoms with E-state index in [2.05, 4.69) is 0 Å². The standard InChI is InChI=1S/C21H17NO6/c1-26-15-6-8-16(9-7-15)27-14-18-11-10-17(28-18)12-13-21(23)19-4-2-3-5-20(19)22(24)25/h2-13H,14H2,1H3/b13-12+. The van der Waals surface area contributed by atoms with Gasteiger partial charge in [-0.3, -0.25) is 14.9 Å². The van der Waals surface area contributed by atoms with Crippen molar-refractivity contribution in [1.82, 2.24) is 0 Å². The van der Waals surface area contributed by atoms with Crippen molar-refractivity contribution in [3.8, 4) is 11.5 Å². The molecule has 0 N–H and O–H groups in total. The van der Waals surface area contributed by atoms with Crippen molar-refractivity contribution in [1.29, 1.82) is 0 Å². The number of nitro groups is 1. The van der Waals surface area contributed by atoms with Crippen LogP contribution in [0.2, 0.25) is 0 Å². The van der Waals surface area contributed by atoms with Gasteiger partial charge < -0.3 is 13.9 Å². The number of ketones is 1. The summed E-state index contributed by atoms with van der Waals surface area (Å²) in [6, 6.07) is 16.4. The van der Waals surface area contributed by atoms with Gasteiger partial charge in [-0.25, -0.2) is 0 Å². The predicted octanol–water partition coefficient (Wildman–Crippen LogP) is 4.67. The molecule has 0 fully saturated rings. The zero-order valence-corrected chi connectivity index (χ0v) is 15.0. The maximum absolute atomic E-state index is 12.2. The monoisotopic (exact) mass is 379 g/mol. The summed E-state index contributed by atoms with van der Waals surface area (Å²) in [5.74, 6) is 1.95. The molecule has 0 atom stereocenters. The van der Waals surface area contributed by atoms with Crippen LogP contribution in [0.4, 0.5) is 5.69 Å². The van der Waals surface area contributed by atoms with Gasteiger partial charge in [-0.1, -0.05) is 12.1 Å². The van der Waals surface area contributed by atoms with Gasteiger partial charge in [0.05, 0.1) is 17.6 Å². The van der Waals surface area contributed by atoms with Crippen LogP contribution in [0.5, 0.6) is 11.5 Å². The number of rotatable bonds is 8. The van der Waals surface area contributed by atoms with Crippen molar-refractivity contribution < 1.29 is 23.6 Å². The Morgan fingerprint density at radius 1 is 1.07 bits per heavy atom. The average molecular weight is 379 g/mol. The highest BCUT2D eigenvalue weighted by Gasteiger charge is 2.17. The highest BCUT2D eigenvalue weighted by molar-refractivity contribution is 6.09. The topological polar surface area (TPSA) is 91.8 Å². The van der Waals surface area contributed by atoms with Crippen LogP contribution in [0.15, 0.2) is 71.2 Å². The molecule has 2 aromatic carbocycles. The van der Waals surface area contributed by atoms with E-state index in [0.29, 0.717) is 17.3 Å². The first kappa shape index (κ1) is 18.9. The van der Waals surface area contributed by atoms with E-state index in [-0.39, 0.29) is 17.9 Å².